The fourth-order valence-corrected chi connectivity index (χ4v) is 2.64. The quantitative estimate of drug-likeness (QED) is 0.826. The van der Waals surface area contributed by atoms with Crippen LogP contribution >= 0.6 is 0 Å². The Hall–Kier alpha value is -1.02. The maximum Gasteiger partial charge on any atom is 0.124 e. The Morgan fingerprint density at radius 1 is 1.22 bits per heavy atom. The molecule has 1 aliphatic rings. The number of para-hydroxylation sites is 1. The molecule has 0 heterocycles. The Bertz CT molecular complexity index is 356. The van der Waals surface area contributed by atoms with Crippen LogP contribution in [0.4, 0.5) is 0 Å². The van der Waals surface area contributed by atoms with E-state index in [0.717, 1.165) is 24.8 Å². The number of ether oxygens (including phenoxy) is 1. The average molecular weight is 247 g/mol. The van der Waals surface area contributed by atoms with E-state index in [1.54, 1.807) is 0 Å². The molecule has 0 amide bonds. The van der Waals surface area contributed by atoms with Crippen LogP contribution in [0.5, 0.6) is 5.75 Å². The normalized spacial score (nSPS) is 16.4. The molecule has 1 aromatic carbocycles. The fourth-order valence-electron chi connectivity index (χ4n) is 2.64. The van der Waals surface area contributed by atoms with E-state index in [4.69, 9.17) is 4.74 Å². The second-order valence-electron chi connectivity index (χ2n) is 5.56. The third kappa shape index (κ3) is 4.02. The third-order valence-electron chi connectivity index (χ3n) is 3.56. The van der Waals surface area contributed by atoms with Gasteiger partial charge in [-0.1, -0.05) is 31.0 Å². The molecule has 0 bridgehead atoms. The Balaban J connectivity index is 1.83. The molecule has 1 aliphatic carbocycles. The van der Waals surface area contributed by atoms with E-state index < -0.39 is 0 Å². The van der Waals surface area contributed by atoms with Crippen LogP contribution < -0.4 is 10.1 Å². The van der Waals surface area contributed by atoms with Gasteiger partial charge in [-0.25, -0.2) is 0 Å². The molecule has 0 aliphatic heterocycles. The predicted molar refractivity (Wildman–Crippen MR) is 75.9 cm³/mol. The fraction of sp³-hybridized carbons (Fsp3) is 0.625. The van der Waals surface area contributed by atoms with E-state index in [2.05, 4.69) is 37.4 Å². The van der Waals surface area contributed by atoms with E-state index >= 15 is 0 Å². The monoisotopic (exact) mass is 247 g/mol. The van der Waals surface area contributed by atoms with Crippen molar-refractivity contribution in [2.24, 2.45) is 5.92 Å². The van der Waals surface area contributed by atoms with Gasteiger partial charge in [-0.15, -0.1) is 0 Å². The molecule has 1 N–H and O–H groups in total. The van der Waals surface area contributed by atoms with Gasteiger partial charge >= 0.3 is 0 Å². The summed E-state index contributed by atoms with van der Waals surface area (Å²) in [6.45, 7) is 6.21. The van der Waals surface area contributed by atoms with Gasteiger partial charge in [0.1, 0.15) is 5.75 Å². The van der Waals surface area contributed by atoms with Crippen LogP contribution in [-0.4, -0.2) is 12.6 Å². The van der Waals surface area contributed by atoms with Crippen LogP contribution in [-0.2, 0) is 6.54 Å². The smallest absolute Gasteiger partial charge is 0.124 e. The van der Waals surface area contributed by atoms with Crippen molar-refractivity contribution in [2.75, 3.05) is 6.54 Å². The lowest BCUT2D eigenvalue weighted by Crippen LogP contribution is -2.21. The highest BCUT2D eigenvalue weighted by Crippen LogP contribution is 2.24. The van der Waals surface area contributed by atoms with Crippen LogP contribution in [0.2, 0.25) is 0 Å². The first-order chi connectivity index (χ1) is 8.75. The molecule has 2 heteroatoms. The standard InChI is InChI=1S/C16H25NO/c1-13(2)18-16-10-6-5-9-15(16)12-17-11-14-7-3-4-8-14/h5-6,9-10,13-14,17H,3-4,7-8,11-12H2,1-2H3. The number of rotatable bonds is 6. The zero-order valence-corrected chi connectivity index (χ0v) is 11.6. The van der Waals surface area contributed by atoms with E-state index in [9.17, 15) is 0 Å². The lowest BCUT2D eigenvalue weighted by molar-refractivity contribution is 0.239. The summed E-state index contributed by atoms with van der Waals surface area (Å²) >= 11 is 0. The first-order valence-electron chi connectivity index (χ1n) is 7.21. The molecule has 0 aromatic heterocycles. The zero-order chi connectivity index (χ0) is 12.8. The Labute approximate surface area is 111 Å². The maximum absolute atomic E-state index is 5.83. The van der Waals surface area contributed by atoms with Crippen molar-refractivity contribution in [3.8, 4) is 5.75 Å². The summed E-state index contributed by atoms with van der Waals surface area (Å²) in [6, 6.07) is 8.34. The molecular weight excluding hydrogens is 222 g/mol. The lowest BCUT2D eigenvalue weighted by Gasteiger charge is -2.15. The topological polar surface area (TPSA) is 21.3 Å². The predicted octanol–water partition coefficient (Wildman–Crippen LogP) is 3.75. The molecule has 0 radical (unpaired) electrons. The highest BCUT2D eigenvalue weighted by atomic mass is 16.5. The summed E-state index contributed by atoms with van der Waals surface area (Å²) in [4.78, 5) is 0. The molecule has 1 saturated carbocycles. The number of benzene rings is 1. The lowest BCUT2D eigenvalue weighted by atomic mass is 10.1. The van der Waals surface area contributed by atoms with Crippen LogP contribution in [0.25, 0.3) is 0 Å². The summed E-state index contributed by atoms with van der Waals surface area (Å²) in [5.41, 5.74) is 1.27. The summed E-state index contributed by atoms with van der Waals surface area (Å²) in [5.74, 6) is 1.91. The van der Waals surface area contributed by atoms with Crippen molar-refractivity contribution in [3.63, 3.8) is 0 Å². The largest absolute Gasteiger partial charge is 0.491 e. The van der Waals surface area contributed by atoms with Gasteiger partial charge in [0.2, 0.25) is 0 Å². The molecule has 2 rings (SSSR count). The number of nitrogens with one attached hydrogen (secondary N) is 1. The van der Waals surface area contributed by atoms with E-state index in [1.165, 1.54) is 31.2 Å². The van der Waals surface area contributed by atoms with Crippen molar-refractivity contribution >= 4 is 0 Å². The van der Waals surface area contributed by atoms with Gasteiger partial charge in [0.25, 0.3) is 0 Å². The molecule has 1 fully saturated rings. The summed E-state index contributed by atoms with van der Waals surface area (Å²) in [6.07, 6.45) is 5.87. The third-order valence-corrected chi connectivity index (χ3v) is 3.56. The van der Waals surface area contributed by atoms with E-state index in [0.29, 0.717) is 0 Å². The Morgan fingerprint density at radius 3 is 2.67 bits per heavy atom. The first kappa shape index (κ1) is 13.4. The van der Waals surface area contributed by atoms with E-state index in [1.807, 2.05) is 6.07 Å². The van der Waals surface area contributed by atoms with Gasteiger partial charge in [-0.3, -0.25) is 0 Å². The minimum atomic E-state index is 0.237. The highest BCUT2D eigenvalue weighted by molar-refractivity contribution is 5.33. The van der Waals surface area contributed by atoms with Gasteiger partial charge in [0, 0.05) is 12.1 Å². The first-order valence-corrected chi connectivity index (χ1v) is 7.21. The molecule has 0 spiro atoms. The van der Waals surface area contributed by atoms with Crippen LogP contribution in [0, 0.1) is 5.92 Å². The molecule has 100 valence electrons. The highest BCUT2D eigenvalue weighted by Gasteiger charge is 2.14. The van der Waals surface area contributed by atoms with E-state index in [-0.39, 0.29) is 6.10 Å². The van der Waals surface area contributed by atoms with Crippen molar-refractivity contribution in [2.45, 2.75) is 52.2 Å². The SMILES string of the molecule is CC(C)Oc1ccccc1CNCC1CCCC1. The second kappa shape index (κ2) is 6.79. The number of hydrogen-bond donors (Lipinski definition) is 1. The molecule has 0 saturated heterocycles. The minimum absolute atomic E-state index is 0.237. The van der Waals surface area contributed by atoms with Crippen LogP contribution in [0.15, 0.2) is 24.3 Å². The van der Waals surface area contributed by atoms with Gasteiger partial charge in [-0.05, 0) is 45.2 Å². The minimum Gasteiger partial charge on any atom is -0.491 e. The average Bonchev–Trinajstić information content (AvgIpc) is 2.84. The van der Waals surface area contributed by atoms with Crippen LogP contribution in [0.3, 0.4) is 0 Å². The molecule has 2 nitrogen and oxygen atoms in total. The summed E-state index contributed by atoms with van der Waals surface area (Å²) in [5, 5.41) is 3.58. The number of hydrogen-bond acceptors (Lipinski definition) is 2. The second-order valence-corrected chi connectivity index (χ2v) is 5.56. The molecular formula is C16H25NO. The Kier molecular flexibility index (Phi) is 5.06. The Morgan fingerprint density at radius 2 is 1.94 bits per heavy atom. The molecule has 18 heavy (non-hydrogen) atoms. The van der Waals surface area contributed by atoms with Gasteiger partial charge in [0.15, 0.2) is 0 Å². The molecule has 0 unspecified atom stereocenters. The van der Waals surface area contributed by atoms with Gasteiger partial charge in [0.05, 0.1) is 6.10 Å². The van der Waals surface area contributed by atoms with Crippen molar-refractivity contribution in [1.29, 1.82) is 0 Å². The molecule has 1 aromatic rings. The van der Waals surface area contributed by atoms with Crippen molar-refractivity contribution < 1.29 is 4.74 Å². The van der Waals surface area contributed by atoms with Crippen molar-refractivity contribution in [3.05, 3.63) is 29.8 Å². The van der Waals surface area contributed by atoms with Crippen molar-refractivity contribution in [1.82, 2.24) is 5.32 Å². The molecule has 0 atom stereocenters. The van der Waals surface area contributed by atoms with Gasteiger partial charge < -0.3 is 10.1 Å². The van der Waals surface area contributed by atoms with Gasteiger partial charge in [-0.2, -0.15) is 0 Å². The summed E-state index contributed by atoms with van der Waals surface area (Å²) in [7, 11) is 0. The van der Waals surface area contributed by atoms with Crippen LogP contribution in [0.1, 0.15) is 45.1 Å². The zero-order valence-electron chi connectivity index (χ0n) is 11.6. The summed E-state index contributed by atoms with van der Waals surface area (Å²) < 4.78 is 5.83. The maximum atomic E-state index is 5.83.